The largest absolute Gasteiger partial charge is 0.495 e. The van der Waals surface area contributed by atoms with Crippen LogP contribution in [0.25, 0.3) is 6.08 Å². The Kier molecular flexibility index (Phi) is 13.5. The number of methoxy groups -OCH3 is 1. The van der Waals surface area contributed by atoms with Crippen LogP contribution < -0.4 is 20.1 Å². The van der Waals surface area contributed by atoms with Crippen LogP contribution in [0.15, 0.2) is 73.1 Å². The number of unbranched alkanes of at least 4 members (excludes halogenated alkanes) is 1. The van der Waals surface area contributed by atoms with Gasteiger partial charge in [0, 0.05) is 31.4 Å². The van der Waals surface area contributed by atoms with Crippen LogP contribution in [0.1, 0.15) is 99.3 Å². The van der Waals surface area contributed by atoms with Crippen LogP contribution in [0.2, 0.25) is 0 Å². The number of benzene rings is 2. The number of hydrogen-bond acceptors (Lipinski definition) is 8. The van der Waals surface area contributed by atoms with E-state index in [2.05, 4.69) is 22.2 Å². The van der Waals surface area contributed by atoms with Crippen LogP contribution in [0.5, 0.6) is 11.5 Å². The Bertz CT molecular complexity index is 2130. The molecular formula is C44H48F3N5O7. The highest BCUT2D eigenvalue weighted by Gasteiger charge is 2.44. The molecule has 1 saturated heterocycles. The second-order valence-corrected chi connectivity index (χ2v) is 15.2. The Hall–Kier alpha value is -5.99. The van der Waals surface area contributed by atoms with Crippen molar-refractivity contribution in [2.24, 2.45) is 11.8 Å². The van der Waals surface area contributed by atoms with Gasteiger partial charge in [-0.2, -0.15) is 13.2 Å². The number of nitrogens with zero attached hydrogens (tertiary/aromatic N) is 3. The van der Waals surface area contributed by atoms with Crippen molar-refractivity contribution in [2.75, 3.05) is 27.3 Å². The van der Waals surface area contributed by atoms with Crippen LogP contribution in [0.3, 0.4) is 0 Å². The molecule has 2 aromatic carbocycles. The molecule has 3 aromatic rings. The Morgan fingerprint density at radius 2 is 1.75 bits per heavy atom. The van der Waals surface area contributed by atoms with Gasteiger partial charge < -0.3 is 25.0 Å². The van der Waals surface area contributed by atoms with E-state index < -0.39 is 41.8 Å². The van der Waals surface area contributed by atoms with Crippen LogP contribution in [-0.2, 0) is 22.6 Å². The Balaban J connectivity index is 0.926. The van der Waals surface area contributed by atoms with Gasteiger partial charge in [-0.1, -0.05) is 43.0 Å². The van der Waals surface area contributed by atoms with Gasteiger partial charge in [-0.3, -0.25) is 28.9 Å². The van der Waals surface area contributed by atoms with Gasteiger partial charge in [-0.15, -0.1) is 0 Å². The number of pyridine rings is 1. The van der Waals surface area contributed by atoms with Gasteiger partial charge >= 0.3 is 6.18 Å². The molecule has 312 valence electrons. The smallest absolute Gasteiger partial charge is 0.391 e. The third-order valence-electron chi connectivity index (χ3n) is 11.0. The lowest BCUT2D eigenvalue weighted by molar-refractivity contribution is -0.183. The van der Waals surface area contributed by atoms with Crippen molar-refractivity contribution in [2.45, 2.75) is 76.6 Å². The molecule has 2 fully saturated rings. The monoisotopic (exact) mass is 815 g/mol. The van der Waals surface area contributed by atoms with Gasteiger partial charge in [-0.25, -0.2) is 4.98 Å². The molecule has 1 atom stereocenters. The van der Waals surface area contributed by atoms with Crippen molar-refractivity contribution in [3.63, 3.8) is 0 Å². The number of ether oxygens (including phenoxy) is 2. The number of carbonyl (C=O) groups is 5. The first-order valence-corrected chi connectivity index (χ1v) is 19.7. The molecule has 59 heavy (non-hydrogen) atoms. The lowest BCUT2D eigenvalue weighted by atomic mass is 9.81. The number of hydrogen-bond donors (Lipinski definition) is 2. The zero-order valence-corrected chi connectivity index (χ0v) is 33.1. The van der Waals surface area contributed by atoms with Crippen molar-refractivity contribution < 1.29 is 46.6 Å². The van der Waals surface area contributed by atoms with Gasteiger partial charge in [-0.05, 0) is 92.7 Å². The number of halogens is 3. The summed E-state index contributed by atoms with van der Waals surface area (Å²) in [5, 5.41) is 5.48. The third-order valence-corrected chi connectivity index (χ3v) is 11.0. The van der Waals surface area contributed by atoms with Crippen molar-refractivity contribution in [3.8, 4) is 11.5 Å². The Labute approximate surface area is 340 Å². The predicted molar refractivity (Wildman–Crippen MR) is 212 cm³/mol. The molecule has 1 aromatic heterocycles. The second kappa shape index (κ2) is 18.7. The summed E-state index contributed by atoms with van der Waals surface area (Å²) in [7, 11) is 3.21. The number of aromatic nitrogens is 1. The van der Waals surface area contributed by atoms with E-state index in [1.54, 1.807) is 30.2 Å². The van der Waals surface area contributed by atoms with Crippen molar-refractivity contribution in [1.29, 1.82) is 0 Å². The number of imide groups is 1. The number of nitrogens with one attached hydrogen (secondary N) is 2. The first-order valence-electron chi connectivity index (χ1n) is 19.7. The minimum atomic E-state index is -4.16. The van der Waals surface area contributed by atoms with Crippen molar-refractivity contribution in [3.05, 3.63) is 107 Å². The summed E-state index contributed by atoms with van der Waals surface area (Å²) in [5.74, 6) is -2.34. The number of likely N-dealkylation sites (N-methyl/N-ethyl adjacent to an activating group) is 1. The fourth-order valence-electron chi connectivity index (χ4n) is 7.58. The number of alkyl halides is 3. The molecule has 0 bridgehead atoms. The van der Waals surface area contributed by atoms with Gasteiger partial charge in [0.1, 0.15) is 23.2 Å². The summed E-state index contributed by atoms with van der Waals surface area (Å²) in [6, 6.07) is 12.8. The molecule has 5 amide bonds. The topological polar surface area (TPSA) is 147 Å². The molecule has 1 aliphatic carbocycles. The summed E-state index contributed by atoms with van der Waals surface area (Å²) < 4.78 is 50.5. The molecule has 2 aliphatic heterocycles. The van der Waals surface area contributed by atoms with E-state index in [4.69, 9.17) is 9.47 Å². The van der Waals surface area contributed by atoms with Crippen molar-refractivity contribution in [1.82, 2.24) is 25.4 Å². The fourth-order valence-corrected chi connectivity index (χ4v) is 7.58. The maximum absolute atomic E-state index is 13.1. The number of carbonyl (C=O) groups excluding carboxylic acids is 5. The minimum Gasteiger partial charge on any atom is -0.495 e. The zero-order valence-electron chi connectivity index (χ0n) is 33.1. The third kappa shape index (κ3) is 10.6. The number of allylic oxidation sites excluding steroid dienone is 2. The van der Waals surface area contributed by atoms with Gasteiger partial charge in [0.05, 0.1) is 43.4 Å². The lowest BCUT2D eigenvalue weighted by Crippen LogP contribution is -2.51. The molecule has 2 N–H and O–H groups in total. The molecule has 6 rings (SSSR count). The van der Waals surface area contributed by atoms with E-state index in [-0.39, 0.29) is 54.5 Å². The number of fused-ring (bicyclic) bond motifs is 1. The fraction of sp³-hybridized carbons (Fsp3) is 0.409. The van der Waals surface area contributed by atoms with E-state index in [0.29, 0.717) is 74.4 Å². The van der Waals surface area contributed by atoms with Gasteiger partial charge in [0.15, 0.2) is 0 Å². The SMILES string of the molecule is C=C1CCC(N2C(=O)c3ccc(OCCCCN(C)C(=O)Cc4cccc(CNC(=O)c5cc(/C=C/C6CCC(C(F)(F)F)CC6)c(OC)cn5)c4)cc3C2=O)C(=O)N1. The van der Waals surface area contributed by atoms with Crippen LogP contribution in [-0.4, -0.2) is 83.8 Å². The first-order chi connectivity index (χ1) is 28.2. The average molecular weight is 816 g/mol. The summed E-state index contributed by atoms with van der Waals surface area (Å²) >= 11 is 0. The summed E-state index contributed by atoms with van der Waals surface area (Å²) in [5.41, 5.74) is 3.33. The molecule has 3 aliphatic rings. The molecule has 15 heteroatoms. The summed E-state index contributed by atoms with van der Waals surface area (Å²) in [6.45, 7) is 4.76. The maximum Gasteiger partial charge on any atom is 0.391 e. The van der Waals surface area contributed by atoms with Gasteiger partial charge in [0.25, 0.3) is 17.7 Å². The van der Waals surface area contributed by atoms with E-state index in [1.165, 1.54) is 25.4 Å². The maximum atomic E-state index is 13.1. The first kappa shape index (κ1) is 42.6. The highest BCUT2D eigenvalue weighted by molar-refractivity contribution is 6.23. The second-order valence-electron chi connectivity index (χ2n) is 15.2. The minimum absolute atomic E-state index is 0.00418. The van der Waals surface area contributed by atoms with Crippen LogP contribution in [0.4, 0.5) is 13.2 Å². The summed E-state index contributed by atoms with van der Waals surface area (Å²) in [6.07, 6.45) is 4.27. The van der Waals surface area contributed by atoms with E-state index in [9.17, 15) is 37.1 Å². The molecule has 0 spiro atoms. The molecule has 3 heterocycles. The van der Waals surface area contributed by atoms with Crippen LogP contribution in [0, 0.1) is 11.8 Å². The average Bonchev–Trinajstić information content (AvgIpc) is 3.46. The van der Waals surface area contributed by atoms with Gasteiger partial charge in [0.2, 0.25) is 11.8 Å². The highest BCUT2D eigenvalue weighted by Crippen LogP contribution is 2.40. The van der Waals surface area contributed by atoms with Crippen LogP contribution >= 0.6 is 0 Å². The summed E-state index contributed by atoms with van der Waals surface area (Å²) in [4.78, 5) is 71.6. The van der Waals surface area contributed by atoms with E-state index in [1.807, 2.05) is 30.3 Å². The Morgan fingerprint density at radius 3 is 2.47 bits per heavy atom. The number of piperidine rings is 1. The number of rotatable bonds is 15. The Morgan fingerprint density at radius 1 is 1.00 bits per heavy atom. The number of amides is 5. The molecule has 1 saturated carbocycles. The predicted octanol–water partition coefficient (Wildman–Crippen LogP) is 6.65. The van der Waals surface area contributed by atoms with E-state index in [0.717, 1.165) is 16.0 Å². The van der Waals surface area contributed by atoms with Crippen molar-refractivity contribution >= 4 is 35.6 Å². The normalized spacial score (nSPS) is 19.4. The quantitative estimate of drug-likeness (QED) is 0.128. The molecule has 0 radical (unpaired) electrons. The zero-order chi connectivity index (χ0) is 42.3. The molecular weight excluding hydrogens is 768 g/mol. The standard InChI is InChI=1S/C44H48F3N5O7/c1-27-9-18-37(41(55)50-27)52-42(56)34-17-16-33(24-35(34)43(52)57)59-20-5-4-19-51(2)39(53)22-29-7-6-8-30(21-29)25-49-40(54)36-23-31(38(58-3)26-48-36)13-10-28-11-14-32(15-12-28)44(45,46)47/h6-8,10,13,16-17,21,23-24,26,28,32,37H,1,4-5,9,11-12,14-15,18-20,22,25H2,2-3H3,(H,49,54)(H,50,55)/b13-10+. The highest BCUT2D eigenvalue weighted by atomic mass is 19.4. The molecule has 1 unspecified atom stereocenters. The van der Waals surface area contributed by atoms with E-state index >= 15 is 0 Å². The lowest BCUT2D eigenvalue weighted by Gasteiger charge is -2.29. The molecule has 12 nitrogen and oxygen atoms in total.